The highest BCUT2D eigenvalue weighted by Crippen LogP contribution is 2.20. The van der Waals surface area contributed by atoms with E-state index >= 15 is 0 Å². The second-order valence-corrected chi connectivity index (χ2v) is 3.22. The minimum Gasteiger partial charge on any atom is -0.394 e. The Balaban J connectivity index is 2.46. The monoisotopic (exact) mass is 204 g/mol. The van der Waals surface area contributed by atoms with Crippen LogP contribution in [-0.4, -0.2) is 53.1 Å². The van der Waals surface area contributed by atoms with Crippen LogP contribution in [0.15, 0.2) is 12.7 Å². The molecule has 0 bridgehead atoms. The summed E-state index contributed by atoms with van der Waals surface area (Å²) in [5.41, 5.74) is 0. The van der Waals surface area contributed by atoms with Gasteiger partial charge in [0.2, 0.25) is 0 Å². The lowest BCUT2D eigenvalue weighted by Crippen LogP contribution is -2.49. The summed E-state index contributed by atoms with van der Waals surface area (Å²) in [7, 11) is 0. The molecular formula is C9H16O5. The van der Waals surface area contributed by atoms with Gasteiger partial charge in [-0.05, 0) is 0 Å². The van der Waals surface area contributed by atoms with E-state index in [1.165, 1.54) is 6.08 Å². The Kier molecular flexibility index (Phi) is 4.50. The zero-order chi connectivity index (χ0) is 10.6. The molecule has 4 atom stereocenters. The first-order valence-corrected chi connectivity index (χ1v) is 4.54. The molecule has 1 saturated heterocycles. The molecule has 1 heterocycles. The first-order valence-electron chi connectivity index (χ1n) is 4.54. The Bertz CT molecular complexity index is 184. The lowest BCUT2D eigenvalue weighted by molar-refractivity contribution is -0.266. The van der Waals surface area contributed by atoms with Crippen molar-refractivity contribution in [1.29, 1.82) is 0 Å². The van der Waals surface area contributed by atoms with Crippen molar-refractivity contribution in [1.82, 2.24) is 0 Å². The number of ether oxygens (including phenoxy) is 2. The third kappa shape index (κ3) is 2.76. The average molecular weight is 204 g/mol. The molecule has 0 unspecified atom stereocenters. The highest BCUT2D eigenvalue weighted by Gasteiger charge is 2.36. The number of aliphatic hydroxyl groups excluding tert-OH is 3. The molecule has 1 aliphatic rings. The minimum atomic E-state index is -0.868. The summed E-state index contributed by atoms with van der Waals surface area (Å²) in [6.45, 7) is 3.43. The van der Waals surface area contributed by atoms with Crippen LogP contribution in [0.2, 0.25) is 0 Å². The third-order valence-electron chi connectivity index (χ3n) is 2.09. The van der Waals surface area contributed by atoms with E-state index in [1.54, 1.807) is 0 Å². The molecule has 0 aromatic heterocycles. The van der Waals surface area contributed by atoms with Gasteiger partial charge >= 0.3 is 0 Å². The number of rotatable bonds is 4. The van der Waals surface area contributed by atoms with E-state index in [0.717, 1.165) is 0 Å². The van der Waals surface area contributed by atoms with E-state index in [1.807, 2.05) is 0 Å². The van der Waals surface area contributed by atoms with Crippen LogP contribution >= 0.6 is 0 Å². The quantitative estimate of drug-likeness (QED) is 0.513. The highest BCUT2D eigenvalue weighted by atomic mass is 16.7. The molecule has 3 N–H and O–H groups in total. The Hall–Kier alpha value is -0.460. The Morgan fingerprint density at radius 2 is 2.14 bits per heavy atom. The normalized spacial score (nSPS) is 38.2. The van der Waals surface area contributed by atoms with E-state index < -0.39 is 24.6 Å². The highest BCUT2D eigenvalue weighted by molar-refractivity contribution is 4.81. The van der Waals surface area contributed by atoms with Gasteiger partial charge < -0.3 is 24.8 Å². The maximum absolute atomic E-state index is 9.45. The molecule has 0 spiro atoms. The van der Waals surface area contributed by atoms with Crippen LogP contribution in [0.3, 0.4) is 0 Å². The van der Waals surface area contributed by atoms with Crippen LogP contribution in [0.5, 0.6) is 0 Å². The zero-order valence-corrected chi connectivity index (χ0v) is 7.87. The molecule has 0 aromatic carbocycles. The molecule has 1 aliphatic heterocycles. The van der Waals surface area contributed by atoms with E-state index in [4.69, 9.17) is 14.6 Å². The molecule has 0 radical (unpaired) electrons. The second-order valence-electron chi connectivity index (χ2n) is 3.22. The maximum Gasteiger partial charge on any atom is 0.184 e. The van der Waals surface area contributed by atoms with Crippen molar-refractivity contribution in [3.8, 4) is 0 Å². The van der Waals surface area contributed by atoms with E-state index in [-0.39, 0.29) is 19.6 Å². The molecule has 0 amide bonds. The molecule has 5 heteroatoms. The van der Waals surface area contributed by atoms with Gasteiger partial charge in [-0.3, -0.25) is 0 Å². The average Bonchev–Trinajstić information content (AvgIpc) is 2.17. The van der Waals surface area contributed by atoms with Gasteiger partial charge in [0.25, 0.3) is 0 Å². The predicted octanol–water partition coefficient (Wildman–Crippen LogP) is -0.982. The van der Waals surface area contributed by atoms with Crippen molar-refractivity contribution in [3.05, 3.63) is 12.7 Å². The van der Waals surface area contributed by atoms with Crippen LogP contribution in [0, 0.1) is 0 Å². The number of hydrogen-bond donors (Lipinski definition) is 3. The summed E-state index contributed by atoms with van der Waals surface area (Å²) in [4.78, 5) is 0. The fraction of sp³-hybridized carbons (Fsp3) is 0.778. The van der Waals surface area contributed by atoms with Crippen molar-refractivity contribution in [3.63, 3.8) is 0 Å². The zero-order valence-electron chi connectivity index (χ0n) is 7.87. The predicted molar refractivity (Wildman–Crippen MR) is 48.5 cm³/mol. The SMILES string of the molecule is C=CCO[C@@H]1O[C@@H](CO)[C@H](O)C[C@H]1O. The molecule has 1 fully saturated rings. The van der Waals surface area contributed by atoms with Gasteiger partial charge in [-0.15, -0.1) is 6.58 Å². The summed E-state index contributed by atoms with van der Waals surface area (Å²) in [5.74, 6) is 0. The molecule has 0 aromatic rings. The van der Waals surface area contributed by atoms with Gasteiger partial charge in [0.15, 0.2) is 6.29 Å². The first kappa shape index (κ1) is 11.6. The van der Waals surface area contributed by atoms with Gasteiger partial charge in [0.05, 0.1) is 19.3 Å². The van der Waals surface area contributed by atoms with Crippen LogP contribution in [0.25, 0.3) is 0 Å². The molecular weight excluding hydrogens is 188 g/mol. The lowest BCUT2D eigenvalue weighted by Gasteiger charge is -2.35. The first-order chi connectivity index (χ1) is 6.69. The molecule has 5 nitrogen and oxygen atoms in total. The van der Waals surface area contributed by atoms with Gasteiger partial charge in [-0.25, -0.2) is 0 Å². The minimum absolute atomic E-state index is 0.146. The number of aliphatic hydroxyl groups is 3. The standard InChI is InChI=1S/C9H16O5/c1-2-3-13-9-7(12)4-6(11)8(5-10)14-9/h2,6-12H,1,3-5H2/t6-,7-,8+,9-/m1/s1. The Labute approximate surface area is 82.6 Å². The van der Waals surface area contributed by atoms with Crippen molar-refractivity contribution in [2.24, 2.45) is 0 Å². The Morgan fingerprint density at radius 1 is 1.43 bits per heavy atom. The van der Waals surface area contributed by atoms with Gasteiger partial charge in [-0.2, -0.15) is 0 Å². The van der Waals surface area contributed by atoms with E-state index in [0.29, 0.717) is 0 Å². The fourth-order valence-electron chi connectivity index (χ4n) is 1.34. The maximum atomic E-state index is 9.45. The van der Waals surface area contributed by atoms with Crippen LogP contribution in [0.1, 0.15) is 6.42 Å². The topological polar surface area (TPSA) is 79.2 Å². The summed E-state index contributed by atoms with van der Waals surface area (Å²) in [6.07, 6.45) is -1.52. The molecule has 1 rings (SSSR count). The molecule has 0 saturated carbocycles. The number of hydrogen-bond acceptors (Lipinski definition) is 5. The van der Waals surface area contributed by atoms with Crippen LogP contribution in [0.4, 0.5) is 0 Å². The van der Waals surface area contributed by atoms with Crippen molar-refractivity contribution >= 4 is 0 Å². The van der Waals surface area contributed by atoms with Gasteiger partial charge in [0, 0.05) is 6.42 Å². The Morgan fingerprint density at radius 3 is 2.71 bits per heavy atom. The third-order valence-corrected chi connectivity index (χ3v) is 2.09. The van der Waals surface area contributed by atoms with Crippen LogP contribution in [-0.2, 0) is 9.47 Å². The van der Waals surface area contributed by atoms with Crippen molar-refractivity contribution in [2.75, 3.05) is 13.2 Å². The van der Waals surface area contributed by atoms with Crippen molar-refractivity contribution in [2.45, 2.75) is 31.0 Å². The fourth-order valence-corrected chi connectivity index (χ4v) is 1.34. The van der Waals surface area contributed by atoms with Gasteiger partial charge in [0.1, 0.15) is 12.2 Å². The largest absolute Gasteiger partial charge is 0.394 e. The summed E-state index contributed by atoms with van der Waals surface area (Å²) < 4.78 is 10.3. The smallest absolute Gasteiger partial charge is 0.184 e. The summed E-state index contributed by atoms with van der Waals surface area (Å²) in [5, 5.41) is 27.7. The van der Waals surface area contributed by atoms with E-state index in [9.17, 15) is 10.2 Å². The van der Waals surface area contributed by atoms with Crippen LogP contribution < -0.4 is 0 Å². The second kappa shape index (κ2) is 5.43. The molecule has 0 aliphatic carbocycles. The van der Waals surface area contributed by atoms with E-state index in [2.05, 4.69) is 6.58 Å². The molecule has 14 heavy (non-hydrogen) atoms. The van der Waals surface area contributed by atoms with Gasteiger partial charge in [-0.1, -0.05) is 6.08 Å². The summed E-state index contributed by atoms with van der Waals surface area (Å²) in [6, 6.07) is 0. The van der Waals surface area contributed by atoms with Crippen molar-refractivity contribution < 1.29 is 24.8 Å². The lowest BCUT2D eigenvalue weighted by atomic mass is 10.0. The summed E-state index contributed by atoms with van der Waals surface area (Å²) >= 11 is 0. The molecule has 82 valence electrons.